The lowest BCUT2D eigenvalue weighted by atomic mass is 10.1. The summed E-state index contributed by atoms with van der Waals surface area (Å²) in [4.78, 5) is 10.4. The number of hydrogen-bond acceptors (Lipinski definition) is 6. The van der Waals surface area contributed by atoms with Crippen molar-refractivity contribution in [3.05, 3.63) is 6.07 Å². The molecular formula is C13H25N5O. The molecule has 1 aromatic heterocycles. The molecule has 1 rings (SSSR count). The largest absolute Gasteiger partial charge is 0.389 e. The van der Waals surface area contributed by atoms with Crippen LogP contribution in [0.15, 0.2) is 6.07 Å². The van der Waals surface area contributed by atoms with Gasteiger partial charge in [0, 0.05) is 25.7 Å². The first-order valence-corrected chi connectivity index (χ1v) is 6.71. The van der Waals surface area contributed by atoms with E-state index in [1.807, 2.05) is 17.9 Å². The van der Waals surface area contributed by atoms with E-state index in [0.29, 0.717) is 6.54 Å². The van der Waals surface area contributed by atoms with Crippen LogP contribution in [0.1, 0.15) is 34.1 Å². The Kier molecular flexibility index (Phi) is 5.35. The fraction of sp³-hybridized carbons (Fsp3) is 0.692. The van der Waals surface area contributed by atoms with Crippen molar-refractivity contribution in [1.29, 1.82) is 0 Å². The molecule has 0 unspecified atom stereocenters. The molecule has 0 aromatic carbocycles. The van der Waals surface area contributed by atoms with E-state index in [4.69, 9.17) is 5.73 Å². The van der Waals surface area contributed by atoms with Gasteiger partial charge in [0.15, 0.2) is 0 Å². The van der Waals surface area contributed by atoms with E-state index < -0.39 is 5.60 Å². The van der Waals surface area contributed by atoms with Gasteiger partial charge in [0.05, 0.1) is 5.60 Å². The SMILES string of the molecule is CCCNc1cc(N(CC)CC(C)(C)O)nc(N)n1. The van der Waals surface area contributed by atoms with Gasteiger partial charge in [-0.1, -0.05) is 6.92 Å². The normalized spacial score (nSPS) is 11.4. The van der Waals surface area contributed by atoms with Crippen molar-refractivity contribution >= 4 is 17.6 Å². The minimum atomic E-state index is -0.785. The van der Waals surface area contributed by atoms with Crippen LogP contribution in [-0.2, 0) is 0 Å². The lowest BCUT2D eigenvalue weighted by Crippen LogP contribution is -2.39. The predicted molar refractivity (Wildman–Crippen MR) is 79.4 cm³/mol. The molecule has 19 heavy (non-hydrogen) atoms. The average molecular weight is 267 g/mol. The van der Waals surface area contributed by atoms with Crippen molar-refractivity contribution in [3.63, 3.8) is 0 Å². The van der Waals surface area contributed by atoms with Crippen LogP contribution in [0, 0.1) is 0 Å². The number of nitrogens with zero attached hydrogens (tertiary/aromatic N) is 3. The molecule has 0 spiro atoms. The number of nitrogens with two attached hydrogens (primary N) is 1. The molecule has 6 nitrogen and oxygen atoms in total. The Morgan fingerprint density at radius 2 is 2.05 bits per heavy atom. The highest BCUT2D eigenvalue weighted by Crippen LogP contribution is 2.19. The average Bonchev–Trinajstić information content (AvgIpc) is 2.31. The second-order valence-electron chi connectivity index (χ2n) is 5.22. The fourth-order valence-corrected chi connectivity index (χ4v) is 1.78. The summed E-state index contributed by atoms with van der Waals surface area (Å²) in [6.45, 7) is 9.73. The van der Waals surface area contributed by atoms with Gasteiger partial charge in [-0.15, -0.1) is 0 Å². The van der Waals surface area contributed by atoms with Crippen molar-refractivity contribution in [2.45, 2.75) is 39.7 Å². The van der Waals surface area contributed by atoms with Crippen molar-refractivity contribution in [1.82, 2.24) is 9.97 Å². The number of anilines is 3. The lowest BCUT2D eigenvalue weighted by molar-refractivity contribution is 0.0874. The molecule has 1 heterocycles. The molecule has 0 aliphatic heterocycles. The molecule has 0 aliphatic carbocycles. The molecule has 0 saturated carbocycles. The topological polar surface area (TPSA) is 87.3 Å². The molecular weight excluding hydrogens is 242 g/mol. The van der Waals surface area contributed by atoms with E-state index in [9.17, 15) is 5.11 Å². The van der Waals surface area contributed by atoms with Crippen LogP contribution >= 0.6 is 0 Å². The fourth-order valence-electron chi connectivity index (χ4n) is 1.78. The Morgan fingerprint density at radius 3 is 2.58 bits per heavy atom. The minimum Gasteiger partial charge on any atom is -0.389 e. The van der Waals surface area contributed by atoms with Crippen LogP contribution < -0.4 is 16.0 Å². The van der Waals surface area contributed by atoms with Crippen LogP contribution in [0.5, 0.6) is 0 Å². The van der Waals surface area contributed by atoms with Crippen LogP contribution in [-0.4, -0.2) is 40.3 Å². The van der Waals surface area contributed by atoms with Gasteiger partial charge in [0.25, 0.3) is 0 Å². The van der Waals surface area contributed by atoms with Gasteiger partial charge in [0.2, 0.25) is 5.95 Å². The molecule has 0 amide bonds. The van der Waals surface area contributed by atoms with Gasteiger partial charge < -0.3 is 21.1 Å². The summed E-state index contributed by atoms with van der Waals surface area (Å²) in [6, 6.07) is 1.86. The predicted octanol–water partition coefficient (Wildman–Crippen LogP) is 1.48. The van der Waals surface area contributed by atoms with Crippen LogP contribution in [0.2, 0.25) is 0 Å². The van der Waals surface area contributed by atoms with E-state index >= 15 is 0 Å². The summed E-state index contributed by atoms with van der Waals surface area (Å²) in [6.07, 6.45) is 1.01. The first-order valence-electron chi connectivity index (χ1n) is 6.71. The molecule has 0 aliphatic rings. The summed E-state index contributed by atoms with van der Waals surface area (Å²) in [5, 5.41) is 13.1. The molecule has 0 bridgehead atoms. The zero-order valence-corrected chi connectivity index (χ0v) is 12.3. The molecule has 6 heteroatoms. The molecule has 0 radical (unpaired) electrons. The van der Waals surface area contributed by atoms with E-state index in [2.05, 4.69) is 22.2 Å². The number of nitrogen functional groups attached to an aromatic ring is 1. The van der Waals surface area contributed by atoms with Gasteiger partial charge in [0.1, 0.15) is 11.6 Å². The zero-order chi connectivity index (χ0) is 14.5. The van der Waals surface area contributed by atoms with Crippen molar-refractivity contribution in [2.24, 2.45) is 0 Å². The zero-order valence-electron chi connectivity index (χ0n) is 12.3. The Bertz CT molecular complexity index is 403. The molecule has 0 atom stereocenters. The van der Waals surface area contributed by atoms with Gasteiger partial charge >= 0.3 is 0 Å². The van der Waals surface area contributed by atoms with Crippen LogP contribution in [0.4, 0.5) is 17.6 Å². The number of aliphatic hydroxyl groups is 1. The van der Waals surface area contributed by atoms with Gasteiger partial charge in [-0.25, -0.2) is 0 Å². The summed E-state index contributed by atoms with van der Waals surface area (Å²) < 4.78 is 0. The monoisotopic (exact) mass is 267 g/mol. The summed E-state index contributed by atoms with van der Waals surface area (Å²) >= 11 is 0. The third-order valence-corrected chi connectivity index (χ3v) is 2.57. The quantitative estimate of drug-likeness (QED) is 0.693. The van der Waals surface area contributed by atoms with Gasteiger partial charge in [-0.2, -0.15) is 9.97 Å². The Morgan fingerprint density at radius 1 is 1.37 bits per heavy atom. The molecule has 4 N–H and O–H groups in total. The van der Waals surface area contributed by atoms with Crippen molar-refractivity contribution in [2.75, 3.05) is 35.6 Å². The summed E-state index contributed by atoms with van der Waals surface area (Å²) in [5.74, 6) is 1.69. The minimum absolute atomic E-state index is 0.241. The highest BCUT2D eigenvalue weighted by molar-refractivity contribution is 5.52. The third kappa shape index (κ3) is 5.30. The van der Waals surface area contributed by atoms with Crippen LogP contribution in [0.25, 0.3) is 0 Å². The smallest absolute Gasteiger partial charge is 0.223 e. The van der Waals surface area contributed by atoms with E-state index in [0.717, 1.165) is 31.1 Å². The molecule has 108 valence electrons. The Hall–Kier alpha value is -1.56. The van der Waals surface area contributed by atoms with E-state index in [1.54, 1.807) is 13.8 Å². The first kappa shape index (κ1) is 15.5. The van der Waals surface area contributed by atoms with Crippen LogP contribution in [0.3, 0.4) is 0 Å². The highest BCUT2D eigenvalue weighted by atomic mass is 16.3. The number of hydrogen-bond donors (Lipinski definition) is 3. The van der Waals surface area contributed by atoms with Gasteiger partial charge in [-0.3, -0.25) is 0 Å². The van der Waals surface area contributed by atoms with Gasteiger partial charge in [-0.05, 0) is 27.2 Å². The number of nitrogens with one attached hydrogen (secondary N) is 1. The number of rotatable bonds is 7. The standard InChI is InChI=1S/C13H25N5O/c1-5-7-15-10-8-11(17-12(14)16-10)18(6-2)9-13(3,4)19/h8,19H,5-7,9H2,1-4H3,(H3,14,15,16,17). The summed E-state index contributed by atoms with van der Waals surface area (Å²) in [7, 11) is 0. The first-order chi connectivity index (χ1) is 8.85. The molecule has 0 fully saturated rings. The second kappa shape index (κ2) is 6.56. The van der Waals surface area contributed by atoms with Crippen molar-refractivity contribution in [3.8, 4) is 0 Å². The molecule has 1 aromatic rings. The number of aromatic nitrogens is 2. The molecule has 0 saturated heterocycles. The summed E-state index contributed by atoms with van der Waals surface area (Å²) in [5.41, 5.74) is 4.95. The maximum absolute atomic E-state index is 9.93. The highest BCUT2D eigenvalue weighted by Gasteiger charge is 2.19. The lowest BCUT2D eigenvalue weighted by Gasteiger charge is -2.29. The van der Waals surface area contributed by atoms with Crippen molar-refractivity contribution < 1.29 is 5.11 Å². The maximum atomic E-state index is 9.93. The Balaban J connectivity index is 2.93. The number of likely N-dealkylation sites (N-methyl/N-ethyl adjacent to an activating group) is 1. The third-order valence-electron chi connectivity index (χ3n) is 2.57. The van der Waals surface area contributed by atoms with E-state index in [-0.39, 0.29) is 5.95 Å². The Labute approximate surface area is 115 Å². The van der Waals surface area contributed by atoms with E-state index in [1.165, 1.54) is 0 Å². The maximum Gasteiger partial charge on any atom is 0.223 e. The second-order valence-corrected chi connectivity index (χ2v) is 5.22.